The maximum absolute atomic E-state index is 4.45. The Morgan fingerprint density at radius 2 is 1.50 bits per heavy atom. The molecule has 4 heterocycles. The molecule has 0 N–H and O–H groups in total. The quantitative estimate of drug-likeness (QED) is 0.850. The van der Waals surface area contributed by atoms with E-state index in [9.17, 15) is 0 Å². The molecule has 2 saturated heterocycles. The average Bonchev–Trinajstić information content (AvgIpc) is 2.64. The predicted molar refractivity (Wildman–Crippen MR) is 96.3 cm³/mol. The minimum absolute atomic E-state index is 0.530. The zero-order valence-electron chi connectivity index (χ0n) is 14.4. The molecule has 0 aromatic carbocycles. The van der Waals surface area contributed by atoms with Gasteiger partial charge >= 0.3 is 0 Å². The normalized spacial score (nSPS) is 20.4. The zero-order chi connectivity index (χ0) is 16.4. The van der Waals surface area contributed by atoms with Crippen molar-refractivity contribution in [2.75, 3.05) is 36.0 Å². The third kappa shape index (κ3) is 3.07. The van der Waals surface area contributed by atoms with Crippen LogP contribution in [0.5, 0.6) is 0 Å². The standard InChI is InChI=1S/C19H25N5/c1-16-14-18(22-15-21-16)24-12-6-19(7-13-24)4-10-23(11-5-19)17-2-8-20-9-3-17/h2-3,8-9,14-15H,4-7,10-13H2,1H3. The van der Waals surface area contributed by atoms with E-state index < -0.39 is 0 Å². The van der Waals surface area contributed by atoms with Crippen LogP contribution in [0, 0.1) is 12.3 Å². The monoisotopic (exact) mass is 323 g/mol. The molecule has 0 amide bonds. The van der Waals surface area contributed by atoms with Gasteiger partial charge < -0.3 is 9.80 Å². The van der Waals surface area contributed by atoms with E-state index in [0.29, 0.717) is 5.41 Å². The van der Waals surface area contributed by atoms with Crippen LogP contribution in [0.15, 0.2) is 36.9 Å². The van der Waals surface area contributed by atoms with Gasteiger partial charge in [0.25, 0.3) is 0 Å². The van der Waals surface area contributed by atoms with Gasteiger partial charge in [-0.25, -0.2) is 9.97 Å². The van der Waals surface area contributed by atoms with Crippen LogP contribution in [0.2, 0.25) is 0 Å². The molecular weight excluding hydrogens is 298 g/mol. The fourth-order valence-electron chi connectivity index (χ4n) is 4.12. The molecule has 126 valence electrons. The summed E-state index contributed by atoms with van der Waals surface area (Å²) in [7, 11) is 0. The lowest BCUT2D eigenvalue weighted by Gasteiger charge is -2.47. The third-order valence-electron chi connectivity index (χ3n) is 5.79. The number of aromatic nitrogens is 3. The van der Waals surface area contributed by atoms with Crippen molar-refractivity contribution in [1.29, 1.82) is 0 Å². The zero-order valence-corrected chi connectivity index (χ0v) is 14.4. The van der Waals surface area contributed by atoms with Gasteiger partial charge in [0, 0.05) is 56.0 Å². The van der Waals surface area contributed by atoms with Gasteiger partial charge in [0.2, 0.25) is 0 Å². The van der Waals surface area contributed by atoms with E-state index in [1.807, 2.05) is 19.3 Å². The van der Waals surface area contributed by atoms with Crippen molar-refractivity contribution in [3.05, 3.63) is 42.6 Å². The van der Waals surface area contributed by atoms with Crippen molar-refractivity contribution < 1.29 is 0 Å². The molecule has 5 heteroatoms. The van der Waals surface area contributed by atoms with E-state index in [1.54, 1.807) is 6.33 Å². The first-order chi connectivity index (χ1) is 11.7. The second kappa shape index (κ2) is 6.38. The van der Waals surface area contributed by atoms with Crippen molar-refractivity contribution in [2.24, 2.45) is 5.41 Å². The molecule has 1 spiro atoms. The molecular formula is C19H25N5. The van der Waals surface area contributed by atoms with Crippen LogP contribution < -0.4 is 9.80 Å². The molecule has 0 bridgehead atoms. The van der Waals surface area contributed by atoms with Crippen LogP contribution in [-0.4, -0.2) is 41.1 Å². The van der Waals surface area contributed by atoms with E-state index in [-0.39, 0.29) is 0 Å². The number of hydrogen-bond donors (Lipinski definition) is 0. The molecule has 4 rings (SSSR count). The number of anilines is 2. The van der Waals surface area contributed by atoms with Crippen molar-refractivity contribution in [3.63, 3.8) is 0 Å². The minimum Gasteiger partial charge on any atom is -0.371 e. The summed E-state index contributed by atoms with van der Waals surface area (Å²) in [5.74, 6) is 1.09. The van der Waals surface area contributed by atoms with Gasteiger partial charge in [0.1, 0.15) is 12.1 Å². The second-order valence-electron chi connectivity index (χ2n) is 7.20. The second-order valence-corrected chi connectivity index (χ2v) is 7.20. The largest absolute Gasteiger partial charge is 0.371 e. The summed E-state index contributed by atoms with van der Waals surface area (Å²) in [6.07, 6.45) is 10.6. The van der Waals surface area contributed by atoms with E-state index in [4.69, 9.17) is 0 Å². The number of pyridine rings is 1. The summed E-state index contributed by atoms with van der Waals surface area (Å²) in [5, 5.41) is 0. The fourth-order valence-corrected chi connectivity index (χ4v) is 4.12. The summed E-state index contributed by atoms with van der Waals surface area (Å²) in [5.41, 5.74) is 2.89. The lowest BCUT2D eigenvalue weighted by atomic mass is 9.71. The Kier molecular flexibility index (Phi) is 4.08. The SMILES string of the molecule is Cc1cc(N2CCC3(CCN(c4ccncc4)CC3)CC2)ncn1. The number of hydrogen-bond acceptors (Lipinski definition) is 5. The molecule has 2 fully saturated rings. The van der Waals surface area contributed by atoms with Crippen molar-refractivity contribution >= 4 is 11.5 Å². The van der Waals surface area contributed by atoms with E-state index >= 15 is 0 Å². The van der Waals surface area contributed by atoms with Gasteiger partial charge in [-0.2, -0.15) is 0 Å². The molecule has 2 aliphatic rings. The Morgan fingerprint density at radius 1 is 0.875 bits per heavy atom. The molecule has 0 radical (unpaired) electrons. The maximum Gasteiger partial charge on any atom is 0.132 e. The molecule has 2 aliphatic heterocycles. The van der Waals surface area contributed by atoms with Gasteiger partial charge in [0.05, 0.1) is 0 Å². The van der Waals surface area contributed by atoms with Gasteiger partial charge in [-0.05, 0) is 50.2 Å². The van der Waals surface area contributed by atoms with Gasteiger partial charge in [-0.3, -0.25) is 4.98 Å². The van der Waals surface area contributed by atoms with E-state index in [2.05, 4.69) is 43.0 Å². The van der Waals surface area contributed by atoms with Crippen LogP contribution in [0.1, 0.15) is 31.4 Å². The molecule has 0 saturated carbocycles. The van der Waals surface area contributed by atoms with Gasteiger partial charge in [-0.15, -0.1) is 0 Å². The van der Waals surface area contributed by atoms with E-state index in [0.717, 1.165) is 37.7 Å². The van der Waals surface area contributed by atoms with Crippen molar-refractivity contribution in [3.8, 4) is 0 Å². The Balaban J connectivity index is 1.36. The molecule has 24 heavy (non-hydrogen) atoms. The highest BCUT2D eigenvalue weighted by atomic mass is 15.2. The smallest absolute Gasteiger partial charge is 0.132 e. The molecule has 0 aliphatic carbocycles. The fraction of sp³-hybridized carbons (Fsp3) is 0.526. The first-order valence-electron chi connectivity index (χ1n) is 8.93. The van der Waals surface area contributed by atoms with Crippen LogP contribution in [0.3, 0.4) is 0 Å². The number of rotatable bonds is 2. The molecule has 2 aromatic heterocycles. The highest BCUT2D eigenvalue weighted by molar-refractivity contribution is 5.45. The lowest BCUT2D eigenvalue weighted by molar-refractivity contribution is 0.166. The summed E-state index contributed by atoms with van der Waals surface area (Å²) in [6.45, 7) is 6.59. The lowest BCUT2D eigenvalue weighted by Crippen LogP contribution is -2.47. The van der Waals surface area contributed by atoms with Gasteiger partial charge in [-0.1, -0.05) is 0 Å². The predicted octanol–water partition coefficient (Wildman–Crippen LogP) is 3.07. The van der Waals surface area contributed by atoms with Crippen molar-refractivity contribution in [2.45, 2.75) is 32.6 Å². The molecule has 5 nitrogen and oxygen atoms in total. The topological polar surface area (TPSA) is 45.2 Å². The van der Waals surface area contributed by atoms with Crippen molar-refractivity contribution in [1.82, 2.24) is 15.0 Å². The Labute approximate surface area is 143 Å². The number of piperidine rings is 2. The highest BCUT2D eigenvalue weighted by Gasteiger charge is 2.37. The van der Waals surface area contributed by atoms with Gasteiger partial charge in [0.15, 0.2) is 0 Å². The molecule has 0 atom stereocenters. The average molecular weight is 323 g/mol. The highest BCUT2D eigenvalue weighted by Crippen LogP contribution is 2.42. The van der Waals surface area contributed by atoms with Crippen LogP contribution in [0.4, 0.5) is 11.5 Å². The first-order valence-corrected chi connectivity index (χ1v) is 8.93. The summed E-state index contributed by atoms with van der Waals surface area (Å²) in [6, 6.07) is 6.35. The maximum atomic E-state index is 4.45. The Bertz CT molecular complexity index is 669. The van der Waals surface area contributed by atoms with Crippen LogP contribution in [-0.2, 0) is 0 Å². The summed E-state index contributed by atoms with van der Waals surface area (Å²) >= 11 is 0. The summed E-state index contributed by atoms with van der Waals surface area (Å²) in [4.78, 5) is 17.7. The number of aryl methyl sites for hydroxylation is 1. The minimum atomic E-state index is 0.530. The number of nitrogens with zero attached hydrogens (tertiary/aromatic N) is 5. The third-order valence-corrected chi connectivity index (χ3v) is 5.79. The Morgan fingerprint density at radius 3 is 2.12 bits per heavy atom. The Hall–Kier alpha value is -2.17. The van der Waals surface area contributed by atoms with Crippen LogP contribution in [0.25, 0.3) is 0 Å². The van der Waals surface area contributed by atoms with E-state index in [1.165, 1.54) is 31.4 Å². The molecule has 2 aromatic rings. The first kappa shape index (κ1) is 15.4. The molecule has 0 unspecified atom stereocenters. The van der Waals surface area contributed by atoms with Crippen LogP contribution >= 0.6 is 0 Å². The summed E-state index contributed by atoms with van der Waals surface area (Å²) < 4.78 is 0.